The average Bonchev–Trinajstić information content (AvgIpc) is 2.84. The number of carbonyl (C=O) groups excluding carboxylic acids is 1. The second-order valence-corrected chi connectivity index (χ2v) is 5.72. The third-order valence-corrected chi connectivity index (χ3v) is 4.13. The van der Waals surface area contributed by atoms with E-state index in [1.165, 1.54) is 16.4 Å². The van der Waals surface area contributed by atoms with Crippen molar-refractivity contribution in [3.63, 3.8) is 0 Å². The zero-order valence-electron chi connectivity index (χ0n) is 10.9. The van der Waals surface area contributed by atoms with Gasteiger partial charge in [-0.15, -0.1) is 16.6 Å². The molecule has 0 saturated carbocycles. The molecule has 0 aliphatic carbocycles. The summed E-state index contributed by atoms with van der Waals surface area (Å²) in [5.41, 5.74) is 0.830. The molecule has 2 aromatic rings. The maximum Gasteiger partial charge on any atom is 0.231 e. The van der Waals surface area contributed by atoms with Gasteiger partial charge < -0.3 is 11.2 Å². The van der Waals surface area contributed by atoms with Gasteiger partial charge in [0.2, 0.25) is 11.1 Å². The Balaban J connectivity index is 2.10. The van der Waals surface area contributed by atoms with Crippen molar-refractivity contribution in [1.82, 2.24) is 20.2 Å². The highest BCUT2D eigenvalue weighted by atomic mass is 79.9. The van der Waals surface area contributed by atoms with E-state index < -0.39 is 0 Å². The predicted octanol–water partition coefficient (Wildman–Crippen LogP) is 1.26. The van der Waals surface area contributed by atoms with Crippen molar-refractivity contribution in [2.75, 3.05) is 18.1 Å². The number of nitrogens with two attached hydrogens (primary N) is 1. The van der Waals surface area contributed by atoms with Crippen molar-refractivity contribution in [1.29, 1.82) is 0 Å². The normalized spacial score (nSPS) is 10.1. The van der Waals surface area contributed by atoms with E-state index in [0.29, 0.717) is 11.0 Å². The minimum Gasteiger partial charge on any atom is -0.344 e. The molecule has 0 atom stereocenters. The molecule has 108 valence electrons. The predicted molar refractivity (Wildman–Crippen MR) is 85.9 cm³/mol. The number of aromatic nitrogens is 3. The summed E-state index contributed by atoms with van der Waals surface area (Å²) in [6.07, 6.45) is 5.07. The Labute approximate surface area is 134 Å². The fraction of sp³-hybridized carbons (Fsp3) is 0.154. The van der Waals surface area contributed by atoms with Crippen LogP contribution >= 0.6 is 27.7 Å². The molecule has 1 aromatic carbocycles. The smallest absolute Gasteiger partial charge is 0.231 e. The zero-order chi connectivity index (χ0) is 15.2. The average molecular weight is 366 g/mol. The number of nitrogens with zero attached hydrogens (tertiary/aromatic N) is 3. The molecule has 21 heavy (non-hydrogen) atoms. The molecule has 1 amide bonds. The van der Waals surface area contributed by atoms with E-state index in [-0.39, 0.29) is 18.2 Å². The van der Waals surface area contributed by atoms with Gasteiger partial charge in [0.25, 0.3) is 0 Å². The number of terminal acetylenes is 1. The van der Waals surface area contributed by atoms with Gasteiger partial charge in [0.05, 0.1) is 12.3 Å². The Kier molecular flexibility index (Phi) is 5.25. The Morgan fingerprint density at radius 2 is 2.24 bits per heavy atom. The summed E-state index contributed by atoms with van der Waals surface area (Å²) in [6.45, 7) is 0.205. The highest BCUT2D eigenvalue weighted by Gasteiger charge is 2.15. The molecule has 0 aliphatic rings. The number of halogens is 1. The lowest BCUT2D eigenvalue weighted by Gasteiger charge is -2.05. The number of benzene rings is 1. The Hall–Kier alpha value is -1.98. The van der Waals surface area contributed by atoms with E-state index in [4.69, 9.17) is 12.3 Å². The summed E-state index contributed by atoms with van der Waals surface area (Å²) < 4.78 is 2.23. The van der Waals surface area contributed by atoms with E-state index in [2.05, 4.69) is 37.4 Å². The lowest BCUT2D eigenvalue weighted by atomic mass is 10.2. The van der Waals surface area contributed by atoms with Gasteiger partial charge in [0, 0.05) is 10.0 Å². The van der Waals surface area contributed by atoms with Crippen LogP contribution in [0.2, 0.25) is 0 Å². The first-order valence-electron chi connectivity index (χ1n) is 5.92. The first kappa shape index (κ1) is 15.4. The summed E-state index contributed by atoms with van der Waals surface area (Å²) in [5.74, 6) is 8.83. The van der Waals surface area contributed by atoms with Crippen molar-refractivity contribution in [2.45, 2.75) is 5.16 Å². The molecule has 8 heteroatoms. The molecular formula is C13H12BrN5OS. The van der Waals surface area contributed by atoms with Crippen LogP contribution in [-0.4, -0.2) is 33.1 Å². The molecular weight excluding hydrogens is 354 g/mol. The summed E-state index contributed by atoms with van der Waals surface area (Å²) in [5, 5.41) is 11.1. The molecule has 2 rings (SSSR count). The first-order valence-corrected chi connectivity index (χ1v) is 7.69. The van der Waals surface area contributed by atoms with E-state index >= 15 is 0 Å². The molecule has 0 aliphatic heterocycles. The number of hydrogen-bond donors (Lipinski definition) is 2. The van der Waals surface area contributed by atoms with Gasteiger partial charge in [-0.05, 0) is 12.1 Å². The van der Waals surface area contributed by atoms with Crippen LogP contribution in [0.25, 0.3) is 11.4 Å². The van der Waals surface area contributed by atoms with Crippen molar-refractivity contribution >= 4 is 33.6 Å². The molecule has 0 unspecified atom stereocenters. The van der Waals surface area contributed by atoms with Crippen LogP contribution in [-0.2, 0) is 4.79 Å². The van der Waals surface area contributed by atoms with Crippen LogP contribution in [0.5, 0.6) is 0 Å². The number of hydrogen-bond acceptors (Lipinski definition) is 5. The lowest BCUT2D eigenvalue weighted by molar-refractivity contribution is -0.118. The fourth-order valence-electron chi connectivity index (χ4n) is 1.53. The molecule has 0 fully saturated rings. The molecule has 0 spiro atoms. The third-order valence-electron chi connectivity index (χ3n) is 2.50. The molecule has 0 saturated heterocycles. The number of nitrogens with one attached hydrogen (secondary N) is 1. The van der Waals surface area contributed by atoms with E-state index in [0.717, 1.165) is 10.0 Å². The van der Waals surface area contributed by atoms with Gasteiger partial charge in [-0.3, -0.25) is 4.79 Å². The summed E-state index contributed by atoms with van der Waals surface area (Å²) in [7, 11) is 0. The summed E-state index contributed by atoms with van der Waals surface area (Å²) in [4.78, 5) is 11.5. The monoisotopic (exact) mass is 365 g/mol. The largest absolute Gasteiger partial charge is 0.344 e. The molecule has 6 nitrogen and oxygen atoms in total. The fourth-order valence-corrected chi connectivity index (χ4v) is 2.68. The molecule has 1 aromatic heterocycles. The number of nitrogen functional groups attached to an aromatic ring is 1. The summed E-state index contributed by atoms with van der Waals surface area (Å²) in [6, 6.07) is 7.56. The van der Waals surface area contributed by atoms with Gasteiger partial charge in [0.1, 0.15) is 0 Å². The van der Waals surface area contributed by atoms with Crippen LogP contribution in [0.1, 0.15) is 0 Å². The topological polar surface area (TPSA) is 85.8 Å². The van der Waals surface area contributed by atoms with Crippen molar-refractivity contribution in [3.8, 4) is 23.7 Å². The van der Waals surface area contributed by atoms with Gasteiger partial charge in [0.15, 0.2) is 5.82 Å². The maximum absolute atomic E-state index is 11.5. The molecule has 3 N–H and O–H groups in total. The maximum atomic E-state index is 11.5. The number of amides is 1. The SMILES string of the molecule is C#CCNC(=O)CSc1nnc(-c2ccccc2Br)n1N. The zero-order valence-corrected chi connectivity index (χ0v) is 13.3. The Morgan fingerprint density at radius 1 is 1.48 bits per heavy atom. The molecule has 0 bridgehead atoms. The third kappa shape index (κ3) is 3.77. The minimum absolute atomic E-state index is 0.174. The Bertz CT molecular complexity index is 694. The van der Waals surface area contributed by atoms with Crippen molar-refractivity contribution < 1.29 is 4.79 Å². The van der Waals surface area contributed by atoms with E-state index in [9.17, 15) is 4.79 Å². The van der Waals surface area contributed by atoms with Crippen LogP contribution < -0.4 is 11.2 Å². The van der Waals surface area contributed by atoms with Crippen molar-refractivity contribution in [2.24, 2.45) is 0 Å². The second kappa shape index (κ2) is 7.15. The summed E-state index contributed by atoms with van der Waals surface area (Å²) >= 11 is 4.64. The van der Waals surface area contributed by atoms with Crippen LogP contribution in [0.3, 0.4) is 0 Å². The quantitative estimate of drug-likeness (QED) is 0.473. The number of thioether (sulfide) groups is 1. The minimum atomic E-state index is -0.177. The number of carbonyl (C=O) groups is 1. The van der Waals surface area contributed by atoms with Crippen molar-refractivity contribution in [3.05, 3.63) is 28.7 Å². The standard InChI is InChI=1S/C13H12BrN5OS/c1-2-7-16-11(20)8-21-13-18-17-12(19(13)15)9-5-3-4-6-10(9)14/h1,3-6H,7-8,15H2,(H,16,20). The number of rotatable bonds is 5. The molecule has 0 radical (unpaired) electrons. The van der Waals surface area contributed by atoms with Gasteiger partial charge in [-0.2, -0.15) is 0 Å². The second-order valence-electron chi connectivity index (χ2n) is 3.93. The van der Waals surface area contributed by atoms with E-state index in [1.807, 2.05) is 24.3 Å². The van der Waals surface area contributed by atoms with E-state index in [1.54, 1.807) is 0 Å². The highest BCUT2D eigenvalue weighted by Crippen LogP contribution is 2.27. The van der Waals surface area contributed by atoms with Gasteiger partial charge in [-0.1, -0.05) is 45.7 Å². The Morgan fingerprint density at radius 3 is 2.95 bits per heavy atom. The first-order chi connectivity index (χ1) is 10.1. The van der Waals surface area contributed by atoms with Gasteiger partial charge >= 0.3 is 0 Å². The van der Waals surface area contributed by atoms with Gasteiger partial charge in [-0.25, -0.2) is 4.68 Å². The van der Waals surface area contributed by atoms with Crippen LogP contribution in [0.4, 0.5) is 0 Å². The van der Waals surface area contributed by atoms with Crippen LogP contribution in [0, 0.1) is 12.3 Å². The molecule has 1 heterocycles. The lowest BCUT2D eigenvalue weighted by Crippen LogP contribution is -2.25. The van der Waals surface area contributed by atoms with Crippen LogP contribution in [0.15, 0.2) is 33.9 Å². The highest BCUT2D eigenvalue weighted by molar-refractivity contribution is 9.10.